The van der Waals surface area contributed by atoms with Crippen LogP contribution in [0.3, 0.4) is 0 Å². The largest absolute Gasteiger partial charge is 0.366 e. The van der Waals surface area contributed by atoms with E-state index < -0.39 is 10.7 Å². The third-order valence-corrected chi connectivity index (χ3v) is 4.05. The number of nitrogens with two attached hydrogens (primary N) is 1. The van der Waals surface area contributed by atoms with Crippen LogP contribution in [-0.4, -0.2) is 24.1 Å². The fraction of sp³-hybridized carbons (Fsp3) is 0.538. The van der Waals surface area contributed by atoms with Crippen molar-refractivity contribution in [3.05, 3.63) is 33.1 Å². The highest BCUT2D eigenvalue weighted by Crippen LogP contribution is 2.35. The zero-order valence-corrected chi connectivity index (χ0v) is 11.9. The fourth-order valence-corrected chi connectivity index (χ4v) is 2.74. The number of rotatable bonds is 3. The lowest BCUT2D eigenvalue weighted by Crippen LogP contribution is -2.42. The molecule has 1 aromatic carbocycles. The summed E-state index contributed by atoms with van der Waals surface area (Å²) in [6.45, 7) is 3.18. The highest BCUT2D eigenvalue weighted by atomic mass is 35.5. The summed E-state index contributed by atoms with van der Waals surface area (Å²) in [5.74, 6) is -0.391. The molecule has 7 heteroatoms. The minimum Gasteiger partial charge on any atom is -0.366 e. The van der Waals surface area contributed by atoms with E-state index in [0.717, 1.165) is 25.0 Å². The van der Waals surface area contributed by atoms with E-state index in [1.165, 1.54) is 0 Å². The second-order valence-electron chi connectivity index (χ2n) is 5.22. The Bertz CT molecular complexity index is 525. The van der Waals surface area contributed by atoms with Gasteiger partial charge >= 0.3 is 0 Å². The van der Waals surface area contributed by atoms with Crippen molar-refractivity contribution in [2.45, 2.75) is 25.8 Å². The molecule has 1 aromatic rings. The maximum Gasteiger partial charge on any atom is 0.294 e. The lowest BCUT2D eigenvalue weighted by Gasteiger charge is -2.35. The van der Waals surface area contributed by atoms with Gasteiger partial charge in [0.2, 0.25) is 0 Å². The monoisotopic (exact) mass is 301 g/mol. The standard InChI is InChI=1S/C13H17ClFN3O2/c1-8(16)9-3-2-4-17(7-9)12-6-11(15)10(14)5-13(12)18(19)20/h5-6,8-9H,2-4,7,16H2,1H3. The molecule has 0 radical (unpaired) electrons. The van der Waals surface area contributed by atoms with Crippen molar-refractivity contribution in [2.75, 3.05) is 18.0 Å². The van der Waals surface area contributed by atoms with E-state index in [9.17, 15) is 14.5 Å². The van der Waals surface area contributed by atoms with Gasteiger partial charge in [-0.2, -0.15) is 0 Å². The summed E-state index contributed by atoms with van der Waals surface area (Å²) in [6.07, 6.45) is 1.87. The molecule has 110 valence electrons. The lowest BCUT2D eigenvalue weighted by molar-refractivity contribution is -0.384. The Kier molecular flexibility index (Phi) is 4.45. The van der Waals surface area contributed by atoms with Crippen molar-refractivity contribution in [1.82, 2.24) is 0 Å². The molecule has 20 heavy (non-hydrogen) atoms. The molecular formula is C13H17ClFN3O2. The Morgan fingerprint density at radius 3 is 2.90 bits per heavy atom. The van der Waals surface area contributed by atoms with E-state index in [1.54, 1.807) is 0 Å². The topological polar surface area (TPSA) is 72.4 Å². The smallest absolute Gasteiger partial charge is 0.294 e. The second kappa shape index (κ2) is 5.93. The molecular weight excluding hydrogens is 285 g/mol. The Morgan fingerprint density at radius 1 is 1.60 bits per heavy atom. The summed E-state index contributed by atoms with van der Waals surface area (Å²) in [4.78, 5) is 12.4. The third kappa shape index (κ3) is 3.02. The minimum atomic E-state index is -0.643. The molecule has 1 heterocycles. The van der Waals surface area contributed by atoms with Crippen LogP contribution >= 0.6 is 11.6 Å². The zero-order valence-electron chi connectivity index (χ0n) is 11.2. The fourth-order valence-electron chi connectivity index (χ4n) is 2.58. The summed E-state index contributed by atoms with van der Waals surface area (Å²) >= 11 is 5.63. The van der Waals surface area contributed by atoms with Gasteiger partial charge in [0, 0.05) is 31.3 Å². The van der Waals surface area contributed by atoms with Crippen molar-refractivity contribution in [1.29, 1.82) is 0 Å². The molecule has 0 aliphatic carbocycles. The number of hydrogen-bond acceptors (Lipinski definition) is 4. The molecule has 2 atom stereocenters. The lowest BCUT2D eigenvalue weighted by atomic mass is 9.92. The number of nitro benzene ring substituents is 1. The van der Waals surface area contributed by atoms with Crippen molar-refractivity contribution in [3.8, 4) is 0 Å². The minimum absolute atomic E-state index is 0.00834. The number of hydrogen-bond donors (Lipinski definition) is 1. The van der Waals surface area contributed by atoms with Gasteiger partial charge in [0.25, 0.3) is 5.69 Å². The maximum absolute atomic E-state index is 13.6. The molecule has 1 saturated heterocycles. The van der Waals surface area contributed by atoms with E-state index >= 15 is 0 Å². The number of benzene rings is 1. The summed E-state index contributed by atoms with van der Waals surface area (Å²) < 4.78 is 13.6. The predicted octanol–water partition coefficient (Wildman–Crippen LogP) is 2.95. The first-order valence-electron chi connectivity index (χ1n) is 6.54. The molecule has 2 N–H and O–H groups in total. The molecule has 1 aliphatic heterocycles. The van der Waals surface area contributed by atoms with Crippen LogP contribution in [0.2, 0.25) is 5.02 Å². The summed E-state index contributed by atoms with van der Waals surface area (Å²) in [6, 6.07) is 2.22. The number of anilines is 1. The summed E-state index contributed by atoms with van der Waals surface area (Å²) in [5, 5.41) is 10.9. The average molecular weight is 302 g/mol. The molecule has 0 amide bonds. The first-order valence-corrected chi connectivity index (χ1v) is 6.92. The summed E-state index contributed by atoms with van der Waals surface area (Å²) in [7, 11) is 0. The highest BCUT2D eigenvalue weighted by molar-refractivity contribution is 6.31. The van der Waals surface area contributed by atoms with Gasteiger partial charge in [-0.3, -0.25) is 10.1 Å². The van der Waals surface area contributed by atoms with E-state index in [-0.39, 0.29) is 28.4 Å². The van der Waals surface area contributed by atoms with Gasteiger partial charge in [-0.05, 0) is 25.7 Å². The van der Waals surface area contributed by atoms with Crippen LogP contribution < -0.4 is 10.6 Å². The molecule has 1 fully saturated rings. The van der Waals surface area contributed by atoms with Gasteiger partial charge in [0.1, 0.15) is 11.5 Å². The third-order valence-electron chi connectivity index (χ3n) is 3.76. The molecule has 2 unspecified atom stereocenters. The molecule has 2 rings (SSSR count). The van der Waals surface area contributed by atoms with Gasteiger partial charge in [-0.15, -0.1) is 0 Å². The SMILES string of the molecule is CC(N)C1CCCN(c2cc(F)c(Cl)cc2[N+](=O)[O-])C1. The van der Waals surface area contributed by atoms with Crippen LogP contribution in [0.25, 0.3) is 0 Å². The molecule has 5 nitrogen and oxygen atoms in total. The zero-order chi connectivity index (χ0) is 14.9. The first kappa shape index (κ1) is 15.0. The molecule has 0 aromatic heterocycles. The Labute approximate surface area is 121 Å². The number of halogens is 2. The predicted molar refractivity (Wildman–Crippen MR) is 76.7 cm³/mol. The Morgan fingerprint density at radius 2 is 2.30 bits per heavy atom. The van der Waals surface area contributed by atoms with Gasteiger partial charge < -0.3 is 10.6 Å². The number of piperidine rings is 1. The van der Waals surface area contributed by atoms with Crippen molar-refractivity contribution in [2.24, 2.45) is 11.7 Å². The van der Waals surface area contributed by atoms with E-state index in [4.69, 9.17) is 17.3 Å². The van der Waals surface area contributed by atoms with Crippen molar-refractivity contribution in [3.63, 3.8) is 0 Å². The van der Waals surface area contributed by atoms with E-state index in [1.807, 2.05) is 11.8 Å². The number of nitro groups is 1. The van der Waals surface area contributed by atoms with E-state index in [2.05, 4.69) is 0 Å². The quantitative estimate of drug-likeness (QED) is 0.688. The van der Waals surface area contributed by atoms with Gasteiger partial charge in [0.15, 0.2) is 0 Å². The molecule has 0 saturated carbocycles. The second-order valence-corrected chi connectivity index (χ2v) is 5.63. The highest BCUT2D eigenvalue weighted by Gasteiger charge is 2.28. The number of nitrogens with zero attached hydrogens (tertiary/aromatic N) is 2. The maximum atomic E-state index is 13.6. The van der Waals surface area contributed by atoms with Crippen molar-refractivity contribution < 1.29 is 9.31 Å². The van der Waals surface area contributed by atoms with Crippen LogP contribution in [0.4, 0.5) is 15.8 Å². The average Bonchev–Trinajstić information content (AvgIpc) is 2.41. The Hall–Kier alpha value is -1.40. The van der Waals surface area contributed by atoms with Crippen LogP contribution in [0.15, 0.2) is 12.1 Å². The molecule has 0 spiro atoms. The first-order chi connectivity index (χ1) is 9.40. The van der Waals surface area contributed by atoms with Crippen LogP contribution in [0, 0.1) is 21.8 Å². The molecule has 1 aliphatic rings. The van der Waals surface area contributed by atoms with E-state index in [0.29, 0.717) is 13.1 Å². The van der Waals surface area contributed by atoms with Gasteiger partial charge in [0.05, 0.1) is 9.95 Å². The Balaban J connectivity index is 2.36. The molecule has 0 bridgehead atoms. The van der Waals surface area contributed by atoms with Crippen LogP contribution in [-0.2, 0) is 0 Å². The van der Waals surface area contributed by atoms with Gasteiger partial charge in [-0.25, -0.2) is 4.39 Å². The summed E-state index contributed by atoms with van der Waals surface area (Å²) in [5.41, 5.74) is 6.02. The van der Waals surface area contributed by atoms with Crippen LogP contribution in [0.1, 0.15) is 19.8 Å². The van der Waals surface area contributed by atoms with Crippen LogP contribution in [0.5, 0.6) is 0 Å². The van der Waals surface area contributed by atoms with Crippen molar-refractivity contribution >= 4 is 23.0 Å². The van der Waals surface area contributed by atoms with Gasteiger partial charge in [-0.1, -0.05) is 11.6 Å². The normalized spacial score (nSPS) is 20.8.